The predicted octanol–water partition coefficient (Wildman–Crippen LogP) is 4.21. The Morgan fingerprint density at radius 1 is 1.43 bits per heavy atom. The minimum absolute atomic E-state index is 0.123. The second-order valence-electron chi connectivity index (χ2n) is 7.26. The molecule has 0 radical (unpaired) electrons. The summed E-state index contributed by atoms with van der Waals surface area (Å²) in [5, 5.41) is 2.60. The molecule has 1 fully saturated rings. The standard InChI is InChI=1S/C19H23ClF3N3OS/c1-11-16(17(27)24-8-7-13-4-3-9-26(13)2)28-18(25-11)12-5-6-15(20)14(10-12)19(21,22)23/h5-6,10-11,13,16H,3-4,7-9H2,1-2H3,(H,24,27)/t11-,13?,16?/m1/s1. The molecule has 0 spiro atoms. The maximum Gasteiger partial charge on any atom is 0.417 e. The van der Waals surface area contributed by atoms with E-state index in [0.717, 1.165) is 25.5 Å². The molecule has 2 aliphatic heterocycles. The van der Waals surface area contributed by atoms with E-state index in [1.165, 1.54) is 30.3 Å². The molecule has 0 aliphatic carbocycles. The zero-order valence-corrected chi connectivity index (χ0v) is 17.3. The molecule has 3 rings (SSSR count). The molecule has 0 bridgehead atoms. The summed E-state index contributed by atoms with van der Waals surface area (Å²) in [5.41, 5.74) is -0.562. The molecule has 2 heterocycles. The van der Waals surface area contributed by atoms with Crippen LogP contribution in [-0.4, -0.2) is 53.3 Å². The van der Waals surface area contributed by atoms with E-state index >= 15 is 0 Å². The van der Waals surface area contributed by atoms with Gasteiger partial charge in [-0.2, -0.15) is 13.2 Å². The zero-order chi connectivity index (χ0) is 20.5. The van der Waals surface area contributed by atoms with E-state index in [1.807, 2.05) is 0 Å². The van der Waals surface area contributed by atoms with Gasteiger partial charge >= 0.3 is 6.18 Å². The van der Waals surface area contributed by atoms with Crippen LogP contribution in [0.1, 0.15) is 37.3 Å². The number of nitrogens with zero attached hydrogens (tertiary/aromatic N) is 2. The number of aliphatic imine (C=N–C) groups is 1. The molecule has 1 aromatic rings. The predicted molar refractivity (Wildman–Crippen MR) is 107 cm³/mol. The monoisotopic (exact) mass is 433 g/mol. The van der Waals surface area contributed by atoms with Gasteiger partial charge in [0.2, 0.25) is 5.91 Å². The summed E-state index contributed by atoms with van der Waals surface area (Å²) in [6.07, 6.45) is -1.31. The molecular formula is C19H23ClF3N3OS. The lowest BCUT2D eigenvalue weighted by Crippen LogP contribution is -2.39. The lowest BCUT2D eigenvalue weighted by atomic mass is 10.1. The van der Waals surface area contributed by atoms with Crippen LogP contribution in [0.4, 0.5) is 13.2 Å². The first-order valence-corrected chi connectivity index (χ1v) is 10.5. The van der Waals surface area contributed by atoms with Gasteiger partial charge in [0.05, 0.1) is 21.7 Å². The summed E-state index contributed by atoms with van der Waals surface area (Å²) < 4.78 is 39.3. The van der Waals surface area contributed by atoms with Crippen molar-refractivity contribution in [1.82, 2.24) is 10.2 Å². The molecule has 2 unspecified atom stereocenters. The highest BCUT2D eigenvalue weighted by atomic mass is 35.5. The van der Waals surface area contributed by atoms with Crippen LogP contribution in [0.15, 0.2) is 23.2 Å². The maximum atomic E-state index is 13.1. The molecule has 9 heteroatoms. The number of likely N-dealkylation sites (tertiary alicyclic amines) is 1. The van der Waals surface area contributed by atoms with Gasteiger partial charge < -0.3 is 10.2 Å². The number of hydrogen-bond donors (Lipinski definition) is 1. The number of carbonyl (C=O) groups excluding carboxylic acids is 1. The highest BCUT2D eigenvalue weighted by Gasteiger charge is 2.36. The van der Waals surface area contributed by atoms with Crippen molar-refractivity contribution in [3.63, 3.8) is 0 Å². The lowest BCUT2D eigenvalue weighted by molar-refractivity contribution is -0.137. The van der Waals surface area contributed by atoms with E-state index in [1.54, 1.807) is 6.92 Å². The number of amides is 1. The number of carbonyl (C=O) groups is 1. The maximum absolute atomic E-state index is 13.1. The largest absolute Gasteiger partial charge is 0.417 e. The Kier molecular flexibility index (Phi) is 6.61. The van der Waals surface area contributed by atoms with Crippen molar-refractivity contribution in [2.45, 2.75) is 49.7 Å². The first-order chi connectivity index (χ1) is 13.2. The van der Waals surface area contributed by atoms with Gasteiger partial charge in [-0.05, 0) is 51.9 Å². The van der Waals surface area contributed by atoms with Crippen LogP contribution in [0.5, 0.6) is 0 Å². The van der Waals surface area contributed by atoms with Crippen molar-refractivity contribution in [3.8, 4) is 0 Å². The SMILES string of the molecule is C[C@H]1N=C(c2ccc(Cl)c(C(F)(F)F)c2)SC1C(=O)NCCC1CCCN1C. The fourth-order valence-corrected chi connectivity index (χ4v) is 5.00. The van der Waals surface area contributed by atoms with Crippen molar-refractivity contribution < 1.29 is 18.0 Å². The third-order valence-corrected chi connectivity index (χ3v) is 6.98. The summed E-state index contributed by atoms with van der Waals surface area (Å²) in [6.45, 7) is 3.48. The van der Waals surface area contributed by atoms with Gasteiger partial charge in [0, 0.05) is 18.2 Å². The zero-order valence-electron chi connectivity index (χ0n) is 15.7. The minimum atomic E-state index is -4.54. The number of alkyl halides is 3. The minimum Gasteiger partial charge on any atom is -0.355 e. The van der Waals surface area contributed by atoms with E-state index in [2.05, 4.69) is 22.3 Å². The Bertz CT molecular complexity index is 771. The second kappa shape index (κ2) is 8.63. The number of nitrogens with one attached hydrogen (secondary N) is 1. The normalized spacial score (nSPS) is 25.8. The van der Waals surface area contributed by atoms with Crippen LogP contribution in [0.3, 0.4) is 0 Å². The molecule has 1 N–H and O–H groups in total. The molecule has 1 amide bonds. The van der Waals surface area contributed by atoms with Crippen LogP contribution in [0.25, 0.3) is 0 Å². The Balaban J connectivity index is 1.60. The topological polar surface area (TPSA) is 44.7 Å². The first kappa shape index (κ1) is 21.5. The summed E-state index contributed by atoms with van der Waals surface area (Å²) in [5.74, 6) is -0.123. The fourth-order valence-electron chi connectivity index (χ4n) is 3.60. The number of rotatable bonds is 5. The van der Waals surface area contributed by atoms with Crippen molar-refractivity contribution in [3.05, 3.63) is 34.3 Å². The van der Waals surface area contributed by atoms with Gasteiger partial charge in [-0.25, -0.2) is 0 Å². The van der Waals surface area contributed by atoms with E-state index < -0.39 is 17.0 Å². The van der Waals surface area contributed by atoms with Crippen LogP contribution >= 0.6 is 23.4 Å². The molecule has 154 valence electrons. The fraction of sp³-hybridized carbons (Fsp3) is 0.579. The van der Waals surface area contributed by atoms with Gasteiger partial charge in [0.15, 0.2) is 0 Å². The Labute approximate surface area is 171 Å². The molecule has 2 aliphatic rings. The quantitative estimate of drug-likeness (QED) is 0.756. The van der Waals surface area contributed by atoms with Crippen LogP contribution < -0.4 is 5.32 Å². The summed E-state index contributed by atoms with van der Waals surface area (Å²) in [7, 11) is 2.09. The highest BCUT2D eigenvalue weighted by molar-refractivity contribution is 8.15. The Morgan fingerprint density at radius 3 is 2.82 bits per heavy atom. The molecular weight excluding hydrogens is 411 g/mol. The molecule has 1 aromatic carbocycles. The van der Waals surface area contributed by atoms with Crippen LogP contribution in [-0.2, 0) is 11.0 Å². The van der Waals surface area contributed by atoms with E-state index in [-0.39, 0.29) is 17.0 Å². The molecule has 0 saturated carbocycles. The average Bonchev–Trinajstić information content (AvgIpc) is 3.20. The van der Waals surface area contributed by atoms with Gasteiger partial charge in [-0.15, -0.1) is 0 Å². The van der Waals surface area contributed by atoms with E-state index in [0.29, 0.717) is 23.2 Å². The Hall–Kier alpha value is -1.25. The first-order valence-electron chi connectivity index (χ1n) is 9.26. The van der Waals surface area contributed by atoms with Crippen molar-refractivity contribution in [2.24, 2.45) is 4.99 Å². The van der Waals surface area contributed by atoms with E-state index in [9.17, 15) is 18.0 Å². The smallest absolute Gasteiger partial charge is 0.355 e. The average molecular weight is 434 g/mol. The summed E-state index contributed by atoms with van der Waals surface area (Å²) in [6, 6.07) is 3.91. The lowest BCUT2D eigenvalue weighted by Gasteiger charge is -2.20. The molecule has 28 heavy (non-hydrogen) atoms. The highest BCUT2D eigenvalue weighted by Crippen LogP contribution is 2.37. The summed E-state index contributed by atoms with van der Waals surface area (Å²) >= 11 is 6.89. The molecule has 0 aromatic heterocycles. The van der Waals surface area contributed by atoms with Gasteiger partial charge in [0.25, 0.3) is 0 Å². The third-order valence-electron chi connectivity index (χ3n) is 5.22. The molecule has 4 nitrogen and oxygen atoms in total. The number of halogens is 4. The van der Waals surface area contributed by atoms with E-state index in [4.69, 9.17) is 11.6 Å². The number of hydrogen-bond acceptors (Lipinski definition) is 4. The summed E-state index contributed by atoms with van der Waals surface area (Å²) in [4.78, 5) is 19.3. The molecule has 1 saturated heterocycles. The number of benzene rings is 1. The van der Waals surface area contributed by atoms with Crippen LogP contribution in [0, 0.1) is 0 Å². The van der Waals surface area contributed by atoms with Crippen molar-refractivity contribution in [2.75, 3.05) is 20.1 Å². The molecule has 3 atom stereocenters. The Morgan fingerprint density at radius 2 is 2.18 bits per heavy atom. The van der Waals surface area contributed by atoms with Crippen molar-refractivity contribution >= 4 is 34.3 Å². The number of thioether (sulfide) groups is 1. The van der Waals surface area contributed by atoms with Gasteiger partial charge in [-0.1, -0.05) is 29.4 Å². The third kappa shape index (κ3) is 4.83. The van der Waals surface area contributed by atoms with Gasteiger partial charge in [0.1, 0.15) is 5.25 Å². The second-order valence-corrected chi connectivity index (χ2v) is 8.80. The van der Waals surface area contributed by atoms with Crippen LogP contribution in [0.2, 0.25) is 5.02 Å². The van der Waals surface area contributed by atoms with Crippen molar-refractivity contribution in [1.29, 1.82) is 0 Å². The van der Waals surface area contributed by atoms with Gasteiger partial charge in [-0.3, -0.25) is 9.79 Å².